The van der Waals surface area contributed by atoms with Gasteiger partial charge in [0.1, 0.15) is 0 Å². The molecule has 2 aromatic rings. The van der Waals surface area contributed by atoms with Crippen molar-refractivity contribution in [3.8, 4) is 0 Å². The first-order valence-corrected chi connectivity index (χ1v) is 8.96. The summed E-state index contributed by atoms with van der Waals surface area (Å²) in [6.07, 6.45) is 2.89. The molecule has 2 N–H and O–H groups in total. The number of aliphatic carboxylic acids is 1. The number of anilines is 1. The Hall–Kier alpha value is -3.16. The first-order valence-electron chi connectivity index (χ1n) is 8.96. The number of carbonyl (C=O) groups excluding carboxylic acids is 2. The molecule has 0 radical (unpaired) electrons. The van der Waals surface area contributed by atoms with Crippen LogP contribution in [-0.2, 0) is 21.7 Å². The second-order valence-electron chi connectivity index (χ2n) is 7.54. The number of carboxylic acid groups (broad SMARTS) is 1. The Morgan fingerprint density at radius 1 is 1.21 bits per heavy atom. The summed E-state index contributed by atoms with van der Waals surface area (Å²) in [6, 6.07) is 6.97. The van der Waals surface area contributed by atoms with Gasteiger partial charge in [0.05, 0.1) is 11.9 Å². The van der Waals surface area contributed by atoms with Gasteiger partial charge in [-0.25, -0.2) is 4.79 Å². The second-order valence-corrected chi connectivity index (χ2v) is 7.54. The van der Waals surface area contributed by atoms with E-state index in [1.54, 1.807) is 36.2 Å². The lowest BCUT2D eigenvalue weighted by atomic mass is 10.1. The van der Waals surface area contributed by atoms with Gasteiger partial charge in [0.25, 0.3) is 5.91 Å². The summed E-state index contributed by atoms with van der Waals surface area (Å²) in [6.45, 7) is 7.22. The van der Waals surface area contributed by atoms with E-state index in [1.807, 2.05) is 13.8 Å². The van der Waals surface area contributed by atoms with Gasteiger partial charge in [0, 0.05) is 31.3 Å². The van der Waals surface area contributed by atoms with Crippen LogP contribution in [0.15, 0.2) is 36.7 Å². The quantitative estimate of drug-likeness (QED) is 0.761. The van der Waals surface area contributed by atoms with Gasteiger partial charge < -0.3 is 15.3 Å². The summed E-state index contributed by atoms with van der Waals surface area (Å²) in [4.78, 5) is 37.3. The maximum atomic E-state index is 12.4. The van der Waals surface area contributed by atoms with Crippen LogP contribution in [0.25, 0.3) is 0 Å². The molecule has 8 heteroatoms. The second kappa shape index (κ2) is 8.24. The Morgan fingerprint density at radius 3 is 2.36 bits per heavy atom. The molecule has 0 atom stereocenters. The molecular weight excluding hydrogens is 360 g/mol. The molecule has 0 saturated carbocycles. The van der Waals surface area contributed by atoms with E-state index in [1.165, 1.54) is 30.9 Å². The molecule has 0 spiro atoms. The first-order chi connectivity index (χ1) is 13.0. The van der Waals surface area contributed by atoms with Gasteiger partial charge in [-0.2, -0.15) is 5.10 Å². The van der Waals surface area contributed by atoms with Crippen molar-refractivity contribution in [2.24, 2.45) is 5.92 Å². The van der Waals surface area contributed by atoms with Crippen LogP contribution in [0.2, 0.25) is 0 Å². The van der Waals surface area contributed by atoms with E-state index in [2.05, 4.69) is 10.4 Å². The van der Waals surface area contributed by atoms with Crippen molar-refractivity contribution >= 4 is 23.5 Å². The molecule has 0 fully saturated rings. The Morgan fingerprint density at radius 2 is 1.82 bits per heavy atom. The fourth-order valence-corrected chi connectivity index (χ4v) is 2.55. The number of amides is 2. The highest BCUT2D eigenvalue weighted by Crippen LogP contribution is 2.18. The molecule has 0 aliphatic rings. The lowest BCUT2D eigenvalue weighted by molar-refractivity contribution is -0.146. The standard InChI is InChI=1S/C20H26N4O4/c1-13(2)18(26)23(5)11-14-6-8-15(9-7-14)17(25)22-16-10-21-24(12-16)20(3,4)19(27)28/h6-10,12-13H,11H2,1-5H3,(H,22,25)(H,27,28). The predicted molar refractivity (Wildman–Crippen MR) is 105 cm³/mol. The molecule has 0 saturated heterocycles. The number of nitrogens with one attached hydrogen (secondary N) is 1. The zero-order valence-electron chi connectivity index (χ0n) is 16.8. The zero-order valence-corrected chi connectivity index (χ0v) is 16.8. The summed E-state index contributed by atoms with van der Waals surface area (Å²) >= 11 is 0. The molecule has 0 aliphatic heterocycles. The van der Waals surface area contributed by atoms with E-state index < -0.39 is 11.5 Å². The largest absolute Gasteiger partial charge is 0.479 e. The predicted octanol–water partition coefficient (Wildman–Crippen LogP) is 2.57. The maximum Gasteiger partial charge on any atom is 0.331 e. The number of nitrogens with zero attached hydrogens (tertiary/aromatic N) is 3. The molecule has 150 valence electrons. The van der Waals surface area contributed by atoms with Crippen molar-refractivity contribution in [3.63, 3.8) is 0 Å². The highest BCUT2D eigenvalue weighted by molar-refractivity contribution is 6.04. The van der Waals surface area contributed by atoms with Crippen LogP contribution in [0.4, 0.5) is 5.69 Å². The minimum Gasteiger partial charge on any atom is -0.479 e. The number of benzene rings is 1. The van der Waals surface area contributed by atoms with Gasteiger partial charge in [-0.15, -0.1) is 0 Å². The molecule has 2 amide bonds. The Balaban J connectivity index is 2.03. The van der Waals surface area contributed by atoms with Crippen molar-refractivity contribution in [2.75, 3.05) is 12.4 Å². The molecule has 8 nitrogen and oxygen atoms in total. The van der Waals surface area contributed by atoms with Crippen molar-refractivity contribution in [1.29, 1.82) is 0 Å². The lowest BCUT2D eigenvalue weighted by Crippen LogP contribution is -2.35. The summed E-state index contributed by atoms with van der Waals surface area (Å²) < 4.78 is 1.29. The van der Waals surface area contributed by atoms with Gasteiger partial charge >= 0.3 is 5.97 Å². The number of rotatable bonds is 7. The Kier molecular flexibility index (Phi) is 6.23. The number of carboxylic acids is 1. The van der Waals surface area contributed by atoms with Crippen molar-refractivity contribution in [2.45, 2.75) is 39.8 Å². The first kappa shape index (κ1) is 21.1. The van der Waals surface area contributed by atoms with Crippen LogP contribution < -0.4 is 5.32 Å². The lowest BCUT2D eigenvalue weighted by Gasteiger charge is -2.19. The minimum atomic E-state index is -1.22. The van der Waals surface area contributed by atoms with Gasteiger partial charge in [0.2, 0.25) is 5.91 Å². The normalized spacial score (nSPS) is 11.4. The molecule has 1 heterocycles. The van der Waals surface area contributed by atoms with Crippen molar-refractivity contribution in [1.82, 2.24) is 14.7 Å². The average Bonchev–Trinajstić information content (AvgIpc) is 3.10. The molecule has 2 rings (SSSR count). The highest BCUT2D eigenvalue weighted by atomic mass is 16.4. The summed E-state index contributed by atoms with van der Waals surface area (Å²) in [5.41, 5.74) is 0.561. The van der Waals surface area contributed by atoms with Gasteiger partial charge in [-0.3, -0.25) is 14.3 Å². The monoisotopic (exact) mass is 386 g/mol. The molecule has 1 aromatic carbocycles. The molecule has 0 aliphatic carbocycles. The van der Waals surface area contributed by atoms with E-state index in [0.717, 1.165) is 5.56 Å². The minimum absolute atomic E-state index is 0.0584. The Labute approximate surface area is 164 Å². The van der Waals surface area contributed by atoms with Gasteiger partial charge in [-0.1, -0.05) is 26.0 Å². The third-order valence-corrected chi connectivity index (χ3v) is 4.44. The fraction of sp³-hybridized carbons (Fsp3) is 0.400. The number of aromatic nitrogens is 2. The van der Waals surface area contributed by atoms with E-state index in [9.17, 15) is 19.5 Å². The van der Waals surface area contributed by atoms with Crippen LogP contribution in [0.1, 0.15) is 43.6 Å². The SMILES string of the molecule is CC(C)C(=O)N(C)Cc1ccc(C(=O)Nc2cnn(C(C)(C)C(=O)O)c2)cc1. The number of hydrogen-bond donors (Lipinski definition) is 2. The van der Waals surface area contributed by atoms with Crippen LogP contribution in [0, 0.1) is 5.92 Å². The van der Waals surface area contributed by atoms with Crippen molar-refractivity contribution < 1.29 is 19.5 Å². The highest BCUT2D eigenvalue weighted by Gasteiger charge is 2.30. The van der Waals surface area contributed by atoms with Crippen molar-refractivity contribution in [3.05, 3.63) is 47.8 Å². The van der Waals surface area contributed by atoms with E-state index in [0.29, 0.717) is 17.8 Å². The van der Waals surface area contributed by atoms with Crippen LogP contribution in [-0.4, -0.2) is 44.6 Å². The molecular formula is C20H26N4O4. The number of carbonyl (C=O) groups is 3. The van der Waals surface area contributed by atoms with E-state index >= 15 is 0 Å². The summed E-state index contributed by atoms with van der Waals surface area (Å²) in [7, 11) is 1.75. The summed E-state index contributed by atoms with van der Waals surface area (Å²) in [5, 5.41) is 16.0. The summed E-state index contributed by atoms with van der Waals surface area (Å²) in [5.74, 6) is -1.36. The fourth-order valence-electron chi connectivity index (χ4n) is 2.55. The maximum absolute atomic E-state index is 12.4. The Bertz CT molecular complexity index is 869. The van der Waals surface area contributed by atoms with Crippen LogP contribution >= 0.6 is 0 Å². The molecule has 0 unspecified atom stereocenters. The smallest absolute Gasteiger partial charge is 0.331 e. The van der Waals surface area contributed by atoms with Gasteiger partial charge in [0.15, 0.2) is 5.54 Å². The van der Waals surface area contributed by atoms with Gasteiger partial charge in [-0.05, 0) is 31.5 Å². The molecule has 1 aromatic heterocycles. The third-order valence-electron chi connectivity index (χ3n) is 4.44. The average molecular weight is 386 g/mol. The third kappa shape index (κ3) is 4.76. The zero-order chi connectivity index (χ0) is 21.1. The number of hydrogen-bond acceptors (Lipinski definition) is 4. The van der Waals surface area contributed by atoms with E-state index in [-0.39, 0.29) is 17.7 Å². The van der Waals surface area contributed by atoms with Crippen LogP contribution in [0.3, 0.4) is 0 Å². The van der Waals surface area contributed by atoms with Crippen LogP contribution in [0.5, 0.6) is 0 Å². The molecule has 28 heavy (non-hydrogen) atoms. The topological polar surface area (TPSA) is 105 Å². The van der Waals surface area contributed by atoms with E-state index in [4.69, 9.17) is 0 Å². The molecule has 0 bridgehead atoms.